The molecule has 6 nitrogen and oxygen atoms in total. The van der Waals surface area contributed by atoms with Gasteiger partial charge in [-0.15, -0.1) is 22.6 Å². The fourth-order valence-electron chi connectivity index (χ4n) is 4.89. The van der Waals surface area contributed by atoms with Crippen molar-refractivity contribution in [1.82, 2.24) is 24.6 Å². The number of rotatable bonds is 7. The minimum absolute atomic E-state index is 0. The van der Waals surface area contributed by atoms with Crippen molar-refractivity contribution in [1.29, 1.82) is 0 Å². The molecule has 0 radical (unpaired) electrons. The Hall–Kier alpha value is -1.83. The molecule has 0 unspecified atom stereocenters. The summed E-state index contributed by atoms with van der Waals surface area (Å²) in [5, 5.41) is 9.56. The Morgan fingerprint density at radius 1 is 1.16 bits per heavy atom. The Bertz CT molecular complexity index is 997. The van der Waals surface area contributed by atoms with E-state index in [2.05, 4.69) is 50.4 Å². The molecule has 1 saturated heterocycles. The van der Waals surface area contributed by atoms with Crippen LogP contribution in [0.15, 0.2) is 46.3 Å². The highest BCUT2D eigenvalue weighted by Crippen LogP contribution is 2.64. The first kappa shape index (κ1) is 22.4. The molecule has 0 bridgehead atoms. The van der Waals surface area contributed by atoms with Gasteiger partial charge in [0, 0.05) is 12.8 Å². The van der Waals surface area contributed by atoms with Crippen LogP contribution in [0.4, 0.5) is 0 Å². The molecule has 31 heavy (non-hydrogen) atoms. The zero-order valence-electron chi connectivity index (χ0n) is 18.2. The molecule has 1 aliphatic carbocycles. The lowest BCUT2D eigenvalue weighted by atomic mass is 9.88. The van der Waals surface area contributed by atoms with Gasteiger partial charge in [0.15, 0.2) is 17.3 Å². The highest BCUT2D eigenvalue weighted by Gasteiger charge is 2.54. The van der Waals surface area contributed by atoms with Gasteiger partial charge in [-0.25, -0.2) is 4.98 Å². The largest absolute Gasteiger partial charge is 0.440 e. The van der Waals surface area contributed by atoms with E-state index in [-0.39, 0.29) is 12.4 Å². The van der Waals surface area contributed by atoms with E-state index in [1.54, 1.807) is 17.3 Å². The summed E-state index contributed by atoms with van der Waals surface area (Å²) in [4.78, 5) is 6.79. The number of aryl methyl sites for hydroxylation is 1. The van der Waals surface area contributed by atoms with E-state index in [9.17, 15) is 0 Å². The Labute approximate surface area is 194 Å². The predicted octanol–water partition coefficient (Wildman–Crippen LogP) is 4.95. The zero-order chi connectivity index (χ0) is 20.6. The van der Waals surface area contributed by atoms with Crippen LogP contribution >= 0.6 is 24.2 Å². The number of likely N-dealkylation sites (tertiary alicyclic amines) is 1. The van der Waals surface area contributed by atoms with Crippen molar-refractivity contribution in [2.45, 2.75) is 43.7 Å². The second-order valence-electron chi connectivity index (χ2n) is 8.71. The van der Waals surface area contributed by atoms with E-state index in [1.807, 2.05) is 18.5 Å². The SMILES string of the molecule is Cc1ncoc1-c1nnc(SCCCN2CCC3(CC2)C[C@@H]3c2ccccc2)n1C.Cl. The molecular formula is C23H30ClN5OS. The van der Waals surface area contributed by atoms with Gasteiger partial charge in [0.25, 0.3) is 0 Å². The summed E-state index contributed by atoms with van der Waals surface area (Å²) in [6.45, 7) is 5.58. The van der Waals surface area contributed by atoms with Crippen molar-refractivity contribution in [3.05, 3.63) is 48.0 Å². The molecule has 3 aromatic rings. The molecule has 1 aliphatic heterocycles. The van der Waals surface area contributed by atoms with Gasteiger partial charge in [0.2, 0.25) is 5.82 Å². The van der Waals surface area contributed by atoms with Gasteiger partial charge in [-0.05, 0) is 69.1 Å². The van der Waals surface area contributed by atoms with Crippen molar-refractivity contribution in [3.63, 3.8) is 0 Å². The fraction of sp³-hybridized carbons (Fsp3) is 0.522. The van der Waals surface area contributed by atoms with Crippen LogP contribution in [0.25, 0.3) is 11.6 Å². The number of halogens is 1. The number of nitrogens with zero attached hydrogens (tertiary/aromatic N) is 5. The van der Waals surface area contributed by atoms with Crippen LogP contribution in [0.2, 0.25) is 0 Å². The maximum absolute atomic E-state index is 5.46. The van der Waals surface area contributed by atoms with Crippen molar-refractivity contribution in [2.75, 3.05) is 25.4 Å². The van der Waals surface area contributed by atoms with E-state index in [0.717, 1.165) is 28.3 Å². The van der Waals surface area contributed by atoms with Crippen molar-refractivity contribution < 1.29 is 4.42 Å². The number of hydrogen-bond donors (Lipinski definition) is 0. The van der Waals surface area contributed by atoms with Crippen LogP contribution in [0.3, 0.4) is 0 Å². The Balaban J connectivity index is 0.00000231. The van der Waals surface area contributed by atoms with E-state index in [4.69, 9.17) is 4.42 Å². The first-order valence-electron chi connectivity index (χ1n) is 10.9. The lowest BCUT2D eigenvalue weighted by Crippen LogP contribution is -2.35. The number of piperidine rings is 1. The summed E-state index contributed by atoms with van der Waals surface area (Å²) in [7, 11) is 1.99. The smallest absolute Gasteiger partial charge is 0.202 e. The minimum Gasteiger partial charge on any atom is -0.440 e. The molecule has 0 amide bonds. The van der Waals surface area contributed by atoms with Crippen LogP contribution in [-0.2, 0) is 7.05 Å². The molecule has 1 spiro atoms. The maximum Gasteiger partial charge on any atom is 0.202 e. The lowest BCUT2D eigenvalue weighted by molar-refractivity contribution is 0.170. The van der Waals surface area contributed by atoms with Gasteiger partial charge in [0.1, 0.15) is 0 Å². The number of benzene rings is 1. The number of oxazole rings is 1. The van der Waals surface area contributed by atoms with Crippen LogP contribution < -0.4 is 0 Å². The molecule has 2 fully saturated rings. The molecule has 3 heterocycles. The molecule has 166 valence electrons. The molecule has 1 atom stereocenters. The van der Waals surface area contributed by atoms with E-state index in [0.29, 0.717) is 11.2 Å². The molecular weight excluding hydrogens is 430 g/mol. The van der Waals surface area contributed by atoms with E-state index < -0.39 is 0 Å². The monoisotopic (exact) mass is 459 g/mol. The molecule has 1 aromatic carbocycles. The molecule has 5 rings (SSSR count). The number of hydrogen-bond acceptors (Lipinski definition) is 6. The third-order valence-corrected chi connectivity index (χ3v) is 7.98. The van der Waals surface area contributed by atoms with Crippen LogP contribution in [0.5, 0.6) is 0 Å². The van der Waals surface area contributed by atoms with Crippen molar-refractivity contribution in [3.8, 4) is 11.6 Å². The highest BCUT2D eigenvalue weighted by atomic mass is 35.5. The third kappa shape index (κ3) is 4.54. The summed E-state index contributed by atoms with van der Waals surface area (Å²) < 4.78 is 7.46. The highest BCUT2D eigenvalue weighted by molar-refractivity contribution is 7.99. The van der Waals surface area contributed by atoms with Crippen molar-refractivity contribution in [2.24, 2.45) is 12.5 Å². The Morgan fingerprint density at radius 3 is 2.65 bits per heavy atom. The molecule has 2 aromatic heterocycles. The molecule has 8 heteroatoms. The van der Waals surface area contributed by atoms with Gasteiger partial charge >= 0.3 is 0 Å². The average molecular weight is 460 g/mol. The topological polar surface area (TPSA) is 60.0 Å². The summed E-state index contributed by atoms with van der Waals surface area (Å²) >= 11 is 1.77. The Kier molecular flexibility index (Phi) is 6.74. The van der Waals surface area contributed by atoms with Gasteiger partial charge in [-0.2, -0.15) is 0 Å². The summed E-state index contributed by atoms with van der Waals surface area (Å²) in [6, 6.07) is 11.1. The lowest BCUT2D eigenvalue weighted by Gasteiger charge is -2.33. The second-order valence-corrected chi connectivity index (χ2v) is 9.77. The van der Waals surface area contributed by atoms with Gasteiger partial charge < -0.3 is 13.9 Å². The third-order valence-electron chi connectivity index (χ3n) is 6.88. The van der Waals surface area contributed by atoms with E-state index >= 15 is 0 Å². The van der Waals surface area contributed by atoms with Gasteiger partial charge in [0.05, 0.1) is 5.69 Å². The van der Waals surface area contributed by atoms with E-state index in [1.165, 1.54) is 51.7 Å². The van der Waals surface area contributed by atoms with Crippen LogP contribution in [-0.4, -0.2) is 50.0 Å². The maximum atomic E-state index is 5.46. The van der Waals surface area contributed by atoms with Gasteiger partial charge in [-0.3, -0.25) is 0 Å². The van der Waals surface area contributed by atoms with Crippen molar-refractivity contribution >= 4 is 24.2 Å². The standard InChI is InChI=1S/C23H29N5OS.ClH/c1-17-20(29-16-24-17)21-25-26-22(27(21)2)30-14-6-11-28-12-9-23(10-13-28)15-19(23)18-7-4-3-5-8-18;/h3-5,7-8,16,19H,6,9-15H2,1-2H3;1H/t19-;/m1./s1. The van der Waals surface area contributed by atoms with Crippen LogP contribution in [0.1, 0.15) is 42.9 Å². The fourth-order valence-corrected chi connectivity index (χ4v) is 5.72. The average Bonchev–Trinajstić information content (AvgIpc) is 3.09. The summed E-state index contributed by atoms with van der Waals surface area (Å²) in [6.07, 6.45) is 6.72. The normalized spacial score (nSPS) is 20.0. The number of thioether (sulfide) groups is 1. The first-order chi connectivity index (χ1) is 14.7. The van der Waals surface area contributed by atoms with Crippen LogP contribution in [0, 0.1) is 12.3 Å². The molecule has 2 aliphatic rings. The summed E-state index contributed by atoms with van der Waals surface area (Å²) in [5.41, 5.74) is 2.99. The zero-order valence-corrected chi connectivity index (χ0v) is 19.8. The Morgan fingerprint density at radius 2 is 1.94 bits per heavy atom. The van der Waals surface area contributed by atoms with Gasteiger partial charge in [-0.1, -0.05) is 42.1 Å². The minimum atomic E-state index is 0. The predicted molar refractivity (Wildman–Crippen MR) is 126 cm³/mol. The number of aromatic nitrogens is 4. The molecule has 1 saturated carbocycles. The first-order valence-corrected chi connectivity index (χ1v) is 11.8. The quantitative estimate of drug-likeness (QED) is 0.368. The second kappa shape index (κ2) is 9.35. The molecule has 0 N–H and O–H groups in total. The summed E-state index contributed by atoms with van der Waals surface area (Å²) in [5.74, 6) is 3.30.